The monoisotopic (exact) mass is 393 g/mol. The second-order valence-electron chi connectivity index (χ2n) is 6.64. The summed E-state index contributed by atoms with van der Waals surface area (Å²) in [7, 11) is 0. The Morgan fingerprint density at radius 3 is 2.75 bits per heavy atom. The number of para-hydroxylation sites is 1. The van der Waals surface area contributed by atoms with Gasteiger partial charge < -0.3 is 5.32 Å². The van der Waals surface area contributed by atoms with Crippen LogP contribution in [0.5, 0.6) is 0 Å². The number of thioether (sulfide) groups is 1. The van der Waals surface area contributed by atoms with Crippen molar-refractivity contribution in [2.24, 2.45) is 4.99 Å². The number of benzene rings is 2. The molecule has 1 heterocycles. The number of aliphatic imine (C=N–C) groups is 1. The average Bonchev–Trinajstić information content (AvgIpc) is 2.93. The lowest BCUT2D eigenvalue weighted by atomic mass is 10.2. The van der Waals surface area contributed by atoms with Crippen molar-refractivity contribution in [2.45, 2.75) is 25.5 Å². The molecule has 1 aliphatic rings. The number of aryl methyl sites for hydroxylation is 2. The molecule has 0 unspecified atom stereocenters. The third-order valence-electron chi connectivity index (χ3n) is 4.35. The smallest absolute Gasteiger partial charge is 0.242 e. The summed E-state index contributed by atoms with van der Waals surface area (Å²) in [4.78, 5) is 31.5. The number of anilines is 1. The van der Waals surface area contributed by atoms with E-state index in [-0.39, 0.29) is 18.2 Å². The van der Waals surface area contributed by atoms with E-state index in [0.717, 1.165) is 22.5 Å². The number of rotatable bonds is 6. The fraction of sp³-hybridized carbons (Fsp3) is 0.227. The maximum absolute atomic E-state index is 12.8. The highest BCUT2D eigenvalue weighted by molar-refractivity contribution is 8.15. The van der Waals surface area contributed by atoms with Crippen LogP contribution in [0.1, 0.15) is 17.5 Å². The predicted octanol–water partition coefficient (Wildman–Crippen LogP) is 4.45. The van der Waals surface area contributed by atoms with E-state index in [9.17, 15) is 9.59 Å². The first-order chi connectivity index (χ1) is 13.5. The molecular weight excluding hydrogens is 370 g/mol. The Balaban J connectivity index is 1.75. The number of nitrogens with zero attached hydrogens (tertiary/aromatic N) is 2. The average molecular weight is 394 g/mol. The standard InChI is InChI=1S/C22H23N3O2S/c1-4-12-25-21(27)19(14-20(26)24-18-11-6-5-9-16(18)3)28-22(25)23-17-10-7-8-15(2)13-17/h4-11,13,19H,1,12,14H2,2-3H3,(H,24,26)/t19-/m1/s1. The van der Waals surface area contributed by atoms with Crippen LogP contribution in [0.2, 0.25) is 0 Å². The molecule has 2 amide bonds. The molecule has 1 N–H and O–H groups in total. The summed E-state index contributed by atoms with van der Waals surface area (Å²) >= 11 is 1.33. The number of carbonyl (C=O) groups is 2. The van der Waals surface area contributed by atoms with E-state index in [0.29, 0.717) is 11.7 Å². The molecule has 0 spiro atoms. The number of amidine groups is 1. The van der Waals surface area contributed by atoms with Gasteiger partial charge >= 0.3 is 0 Å². The largest absolute Gasteiger partial charge is 0.326 e. The number of amides is 2. The van der Waals surface area contributed by atoms with Crippen molar-refractivity contribution in [2.75, 3.05) is 11.9 Å². The normalized spacial score (nSPS) is 17.8. The summed E-state index contributed by atoms with van der Waals surface area (Å²) in [5, 5.41) is 3.00. The van der Waals surface area contributed by atoms with Crippen molar-refractivity contribution in [1.82, 2.24) is 4.90 Å². The molecule has 0 aliphatic carbocycles. The minimum Gasteiger partial charge on any atom is -0.326 e. The third kappa shape index (κ3) is 4.70. The predicted molar refractivity (Wildman–Crippen MR) is 116 cm³/mol. The topological polar surface area (TPSA) is 61.8 Å². The van der Waals surface area contributed by atoms with Gasteiger partial charge in [-0.2, -0.15) is 0 Å². The summed E-state index contributed by atoms with van der Waals surface area (Å²) in [5.41, 5.74) is 3.63. The second kappa shape index (κ2) is 8.89. The molecule has 6 heteroatoms. The molecule has 0 aromatic heterocycles. The van der Waals surface area contributed by atoms with E-state index in [2.05, 4.69) is 16.9 Å². The minimum atomic E-state index is -0.493. The molecule has 5 nitrogen and oxygen atoms in total. The van der Waals surface area contributed by atoms with E-state index in [4.69, 9.17) is 0 Å². The number of nitrogens with one attached hydrogen (secondary N) is 1. The van der Waals surface area contributed by atoms with E-state index < -0.39 is 5.25 Å². The molecule has 1 atom stereocenters. The lowest BCUT2D eigenvalue weighted by molar-refractivity contribution is -0.127. The van der Waals surface area contributed by atoms with Gasteiger partial charge in [0.1, 0.15) is 5.25 Å². The van der Waals surface area contributed by atoms with Crippen molar-refractivity contribution in [3.05, 3.63) is 72.3 Å². The first-order valence-electron chi connectivity index (χ1n) is 9.07. The van der Waals surface area contributed by atoms with Gasteiger partial charge in [-0.25, -0.2) is 4.99 Å². The highest BCUT2D eigenvalue weighted by Gasteiger charge is 2.38. The van der Waals surface area contributed by atoms with Crippen molar-refractivity contribution >= 4 is 40.1 Å². The van der Waals surface area contributed by atoms with Gasteiger partial charge in [0.2, 0.25) is 11.8 Å². The lowest BCUT2D eigenvalue weighted by Gasteiger charge is -2.14. The SMILES string of the molecule is C=CCN1C(=O)[C@@H](CC(=O)Nc2ccccc2C)SC1=Nc1cccc(C)c1. The van der Waals surface area contributed by atoms with E-state index in [1.165, 1.54) is 11.8 Å². The summed E-state index contributed by atoms with van der Waals surface area (Å²) < 4.78 is 0. The Morgan fingerprint density at radius 2 is 2.04 bits per heavy atom. The van der Waals surface area contributed by atoms with Crippen LogP contribution in [0.3, 0.4) is 0 Å². The molecule has 28 heavy (non-hydrogen) atoms. The van der Waals surface area contributed by atoms with Gasteiger partial charge in [0.15, 0.2) is 5.17 Å². The fourth-order valence-electron chi connectivity index (χ4n) is 2.91. The van der Waals surface area contributed by atoms with Crippen molar-refractivity contribution in [3.63, 3.8) is 0 Å². The molecule has 1 aliphatic heterocycles. The van der Waals surface area contributed by atoms with Crippen LogP contribution in [-0.4, -0.2) is 33.7 Å². The number of carbonyl (C=O) groups excluding carboxylic acids is 2. The van der Waals surface area contributed by atoms with E-state index in [1.54, 1.807) is 11.0 Å². The van der Waals surface area contributed by atoms with Crippen molar-refractivity contribution in [3.8, 4) is 0 Å². The number of hydrogen-bond donors (Lipinski definition) is 1. The van der Waals surface area contributed by atoms with Crippen LogP contribution in [0.15, 0.2) is 66.2 Å². The zero-order chi connectivity index (χ0) is 20.1. The Bertz CT molecular complexity index is 939. The molecule has 2 aromatic carbocycles. The van der Waals surface area contributed by atoms with Gasteiger partial charge in [-0.05, 0) is 43.2 Å². The Kier molecular flexibility index (Phi) is 6.31. The Morgan fingerprint density at radius 1 is 1.25 bits per heavy atom. The molecule has 0 saturated carbocycles. The summed E-state index contributed by atoms with van der Waals surface area (Å²) in [6.07, 6.45) is 1.76. The molecule has 1 saturated heterocycles. The lowest BCUT2D eigenvalue weighted by Crippen LogP contribution is -2.33. The second-order valence-corrected chi connectivity index (χ2v) is 7.81. The van der Waals surface area contributed by atoms with Crippen LogP contribution in [0.25, 0.3) is 0 Å². The number of hydrogen-bond acceptors (Lipinski definition) is 4. The van der Waals surface area contributed by atoms with Gasteiger partial charge in [0.25, 0.3) is 0 Å². The summed E-state index contributed by atoms with van der Waals surface area (Å²) in [6.45, 7) is 8.03. The zero-order valence-electron chi connectivity index (χ0n) is 16.0. The summed E-state index contributed by atoms with van der Waals surface area (Å²) in [6, 6.07) is 15.4. The van der Waals surface area contributed by atoms with E-state index >= 15 is 0 Å². The Labute approximate surface area is 169 Å². The molecule has 0 bridgehead atoms. The third-order valence-corrected chi connectivity index (χ3v) is 5.52. The summed E-state index contributed by atoms with van der Waals surface area (Å²) in [5.74, 6) is -0.299. The fourth-order valence-corrected chi connectivity index (χ4v) is 4.08. The van der Waals surface area contributed by atoms with Crippen LogP contribution < -0.4 is 5.32 Å². The first kappa shape index (κ1) is 19.9. The van der Waals surface area contributed by atoms with Crippen LogP contribution in [0.4, 0.5) is 11.4 Å². The van der Waals surface area contributed by atoms with Gasteiger partial charge in [0.05, 0.1) is 5.69 Å². The minimum absolute atomic E-state index is 0.0956. The molecule has 2 aromatic rings. The highest BCUT2D eigenvalue weighted by Crippen LogP contribution is 2.32. The maximum Gasteiger partial charge on any atom is 0.242 e. The van der Waals surface area contributed by atoms with Crippen LogP contribution in [-0.2, 0) is 9.59 Å². The zero-order valence-corrected chi connectivity index (χ0v) is 16.8. The quantitative estimate of drug-likeness (QED) is 0.738. The van der Waals surface area contributed by atoms with Gasteiger partial charge in [-0.15, -0.1) is 6.58 Å². The maximum atomic E-state index is 12.8. The molecular formula is C22H23N3O2S. The molecule has 1 fully saturated rings. The van der Waals surface area contributed by atoms with Gasteiger partial charge in [-0.1, -0.05) is 48.2 Å². The molecule has 144 valence electrons. The van der Waals surface area contributed by atoms with Crippen LogP contribution >= 0.6 is 11.8 Å². The van der Waals surface area contributed by atoms with E-state index in [1.807, 2.05) is 62.4 Å². The first-order valence-corrected chi connectivity index (χ1v) is 9.95. The highest BCUT2D eigenvalue weighted by atomic mass is 32.2. The van der Waals surface area contributed by atoms with Crippen molar-refractivity contribution in [1.29, 1.82) is 0 Å². The molecule has 0 radical (unpaired) electrons. The molecule has 3 rings (SSSR count). The van der Waals surface area contributed by atoms with Crippen LogP contribution in [0, 0.1) is 13.8 Å². The Hall–Kier alpha value is -2.86. The van der Waals surface area contributed by atoms with Gasteiger partial charge in [-0.3, -0.25) is 14.5 Å². The van der Waals surface area contributed by atoms with Crippen molar-refractivity contribution < 1.29 is 9.59 Å². The van der Waals surface area contributed by atoms with Gasteiger partial charge in [0, 0.05) is 18.7 Å².